The molecular formula is C26H34N4O2. The number of nitrogens with one attached hydrogen (secondary N) is 1. The average molecular weight is 435 g/mol. The van der Waals surface area contributed by atoms with Gasteiger partial charge in [0.25, 0.3) is 0 Å². The van der Waals surface area contributed by atoms with Crippen LogP contribution in [0, 0.1) is 23.2 Å². The van der Waals surface area contributed by atoms with Gasteiger partial charge in [-0.15, -0.1) is 0 Å². The number of methoxy groups -OCH3 is 1. The number of hydrogen-bond donors (Lipinski definition) is 2. The molecule has 2 aromatic rings. The standard InChI is InChI=1S/C26H34N4O2/c1-32-24-3-2-17(9-23(24)31)13-30-5-4-21-22(14-30)28-16-29-25(21)27-15-26-10-18-6-19(11-26)8-20(7-18)12-26/h2-3,9,16,18-20,31H,4-8,10-15H2,1H3,(H,27,28,29). The Morgan fingerprint density at radius 3 is 2.56 bits per heavy atom. The van der Waals surface area contributed by atoms with Crippen LogP contribution in [0.3, 0.4) is 0 Å². The Labute approximate surface area is 190 Å². The molecule has 170 valence electrons. The van der Waals surface area contributed by atoms with Crippen LogP contribution in [0.15, 0.2) is 24.5 Å². The second-order valence-electron chi connectivity index (χ2n) is 10.9. The highest BCUT2D eigenvalue weighted by Gasteiger charge is 2.50. The summed E-state index contributed by atoms with van der Waals surface area (Å²) >= 11 is 0. The second kappa shape index (κ2) is 7.91. The summed E-state index contributed by atoms with van der Waals surface area (Å²) in [5, 5.41) is 13.9. The van der Waals surface area contributed by atoms with E-state index in [1.165, 1.54) is 44.1 Å². The maximum atomic E-state index is 10.1. The Balaban J connectivity index is 1.13. The highest BCUT2D eigenvalue weighted by molar-refractivity contribution is 5.47. The SMILES string of the molecule is COc1ccc(CN2CCc3c(ncnc3NCC34CC5CC(CC(C5)C3)C4)C2)cc1O. The first-order valence-corrected chi connectivity index (χ1v) is 12.2. The molecule has 6 nitrogen and oxygen atoms in total. The van der Waals surface area contributed by atoms with Gasteiger partial charge in [0.1, 0.15) is 12.1 Å². The number of rotatable bonds is 6. The van der Waals surface area contributed by atoms with Crippen molar-refractivity contribution in [2.75, 3.05) is 25.5 Å². The zero-order valence-electron chi connectivity index (χ0n) is 19.0. The summed E-state index contributed by atoms with van der Waals surface area (Å²) in [6.07, 6.45) is 11.4. The molecule has 1 aromatic carbocycles. The molecule has 6 heteroatoms. The number of anilines is 1. The summed E-state index contributed by atoms with van der Waals surface area (Å²) < 4.78 is 5.16. The van der Waals surface area contributed by atoms with Crippen molar-refractivity contribution in [3.05, 3.63) is 41.3 Å². The van der Waals surface area contributed by atoms with Crippen molar-refractivity contribution in [1.82, 2.24) is 14.9 Å². The Kier molecular flexibility index (Phi) is 5.01. The fourth-order valence-corrected chi connectivity index (χ4v) is 7.57. The van der Waals surface area contributed by atoms with Gasteiger partial charge in [-0.05, 0) is 85.8 Å². The second-order valence-corrected chi connectivity index (χ2v) is 10.9. The third kappa shape index (κ3) is 3.72. The third-order valence-electron chi connectivity index (χ3n) is 8.53. The predicted molar refractivity (Wildman–Crippen MR) is 124 cm³/mol. The van der Waals surface area contributed by atoms with Crippen LogP contribution in [0.1, 0.15) is 55.3 Å². The number of benzene rings is 1. The molecule has 0 unspecified atom stereocenters. The molecule has 1 aromatic heterocycles. The number of ether oxygens (including phenoxy) is 1. The minimum atomic E-state index is 0.195. The molecule has 0 spiro atoms. The molecule has 4 aliphatic carbocycles. The molecule has 5 aliphatic rings. The van der Waals surface area contributed by atoms with Crippen LogP contribution in [0.25, 0.3) is 0 Å². The minimum Gasteiger partial charge on any atom is -0.504 e. The Hall–Kier alpha value is -2.34. The zero-order valence-corrected chi connectivity index (χ0v) is 19.0. The van der Waals surface area contributed by atoms with Gasteiger partial charge in [-0.2, -0.15) is 0 Å². The lowest BCUT2D eigenvalue weighted by Crippen LogP contribution is -2.49. The normalized spacial score (nSPS) is 30.8. The van der Waals surface area contributed by atoms with E-state index in [1.54, 1.807) is 19.5 Å². The van der Waals surface area contributed by atoms with Crippen molar-refractivity contribution < 1.29 is 9.84 Å². The molecule has 0 atom stereocenters. The van der Waals surface area contributed by atoms with Gasteiger partial charge in [-0.25, -0.2) is 9.97 Å². The van der Waals surface area contributed by atoms with Crippen LogP contribution in [0.5, 0.6) is 11.5 Å². The summed E-state index contributed by atoms with van der Waals surface area (Å²) in [6.45, 7) is 3.65. The Bertz CT molecular complexity index is 972. The number of hydrogen-bond acceptors (Lipinski definition) is 6. The summed E-state index contributed by atoms with van der Waals surface area (Å²) in [7, 11) is 1.57. The Morgan fingerprint density at radius 1 is 1.12 bits per heavy atom. The van der Waals surface area contributed by atoms with Gasteiger partial charge in [0, 0.05) is 31.7 Å². The van der Waals surface area contributed by atoms with Gasteiger partial charge < -0.3 is 15.2 Å². The monoisotopic (exact) mass is 434 g/mol. The number of aromatic nitrogens is 2. The van der Waals surface area contributed by atoms with Crippen molar-refractivity contribution in [1.29, 1.82) is 0 Å². The van der Waals surface area contributed by atoms with Gasteiger partial charge >= 0.3 is 0 Å². The van der Waals surface area contributed by atoms with Crippen LogP contribution >= 0.6 is 0 Å². The van der Waals surface area contributed by atoms with Gasteiger partial charge in [0.15, 0.2) is 11.5 Å². The van der Waals surface area contributed by atoms with Crippen LogP contribution in [0.4, 0.5) is 5.82 Å². The fraction of sp³-hybridized carbons (Fsp3) is 0.615. The zero-order chi connectivity index (χ0) is 21.7. The third-order valence-corrected chi connectivity index (χ3v) is 8.53. The van der Waals surface area contributed by atoms with Crippen LogP contribution in [-0.2, 0) is 19.5 Å². The van der Waals surface area contributed by atoms with E-state index in [-0.39, 0.29) is 5.75 Å². The van der Waals surface area contributed by atoms with Gasteiger partial charge in [0.05, 0.1) is 12.8 Å². The topological polar surface area (TPSA) is 70.5 Å². The molecule has 1 aliphatic heterocycles. The highest BCUT2D eigenvalue weighted by Crippen LogP contribution is 2.59. The first kappa shape index (κ1) is 20.3. The first-order chi connectivity index (χ1) is 15.6. The lowest BCUT2D eigenvalue weighted by Gasteiger charge is -2.57. The molecule has 0 saturated heterocycles. The molecule has 0 amide bonds. The van der Waals surface area contributed by atoms with E-state index in [1.807, 2.05) is 12.1 Å². The molecule has 0 radical (unpaired) electrons. The van der Waals surface area contributed by atoms with Crippen molar-refractivity contribution in [3.63, 3.8) is 0 Å². The number of phenolic OH excluding ortho intramolecular Hbond substituents is 1. The smallest absolute Gasteiger partial charge is 0.160 e. The van der Waals surface area contributed by atoms with Crippen molar-refractivity contribution in [3.8, 4) is 11.5 Å². The van der Waals surface area contributed by atoms with Gasteiger partial charge in [-0.1, -0.05) is 6.07 Å². The first-order valence-electron chi connectivity index (χ1n) is 12.2. The van der Waals surface area contributed by atoms with E-state index in [4.69, 9.17) is 4.74 Å². The van der Waals surface area contributed by atoms with Crippen LogP contribution < -0.4 is 10.1 Å². The van der Waals surface area contributed by atoms with E-state index >= 15 is 0 Å². The van der Waals surface area contributed by atoms with E-state index < -0.39 is 0 Å². The average Bonchev–Trinajstić information content (AvgIpc) is 2.77. The summed E-state index contributed by atoms with van der Waals surface area (Å²) in [5.41, 5.74) is 4.02. The van der Waals surface area contributed by atoms with Crippen molar-refractivity contribution >= 4 is 5.82 Å². The number of nitrogens with zero attached hydrogens (tertiary/aromatic N) is 3. The largest absolute Gasteiger partial charge is 0.504 e. The maximum Gasteiger partial charge on any atom is 0.160 e. The molecule has 32 heavy (non-hydrogen) atoms. The summed E-state index contributed by atoms with van der Waals surface area (Å²) in [4.78, 5) is 11.7. The predicted octanol–water partition coefficient (Wildman–Crippen LogP) is 4.38. The number of fused-ring (bicyclic) bond motifs is 1. The van der Waals surface area contributed by atoms with Gasteiger partial charge in [-0.3, -0.25) is 4.90 Å². The van der Waals surface area contributed by atoms with E-state index in [2.05, 4.69) is 20.2 Å². The summed E-state index contributed by atoms with van der Waals surface area (Å²) in [5.74, 6) is 4.71. The Morgan fingerprint density at radius 2 is 1.88 bits per heavy atom. The molecule has 2 heterocycles. The highest BCUT2D eigenvalue weighted by atomic mass is 16.5. The van der Waals surface area contributed by atoms with Crippen molar-refractivity contribution in [2.45, 2.75) is 58.0 Å². The molecule has 4 saturated carbocycles. The van der Waals surface area contributed by atoms with Crippen LogP contribution in [-0.4, -0.2) is 40.2 Å². The quantitative estimate of drug-likeness (QED) is 0.703. The summed E-state index contributed by atoms with van der Waals surface area (Å²) in [6, 6.07) is 5.65. The fourth-order valence-electron chi connectivity index (χ4n) is 7.57. The maximum absolute atomic E-state index is 10.1. The van der Waals surface area contributed by atoms with Crippen LogP contribution in [0.2, 0.25) is 0 Å². The molecule has 4 bridgehead atoms. The lowest BCUT2D eigenvalue weighted by atomic mass is 9.49. The molecule has 7 rings (SSSR count). The number of aromatic hydroxyl groups is 1. The number of phenols is 1. The van der Waals surface area contributed by atoms with E-state index in [9.17, 15) is 5.11 Å². The lowest BCUT2D eigenvalue weighted by molar-refractivity contribution is -0.0444. The molecule has 2 N–H and O–H groups in total. The van der Waals surface area contributed by atoms with Gasteiger partial charge in [0.2, 0.25) is 0 Å². The minimum absolute atomic E-state index is 0.195. The van der Waals surface area contributed by atoms with E-state index in [0.29, 0.717) is 11.2 Å². The molecule has 4 fully saturated rings. The molecular weight excluding hydrogens is 400 g/mol. The van der Waals surface area contributed by atoms with E-state index in [0.717, 1.165) is 67.4 Å². The van der Waals surface area contributed by atoms with Crippen molar-refractivity contribution in [2.24, 2.45) is 23.2 Å².